The van der Waals surface area contributed by atoms with Crippen LogP contribution in [0.5, 0.6) is 0 Å². The van der Waals surface area contributed by atoms with E-state index in [-0.39, 0.29) is 24.4 Å². The number of nitrogens with one attached hydrogen (secondary N) is 1. The van der Waals surface area contributed by atoms with Crippen molar-refractivity contribution >= 4 is 18.4 Å². The summed E-state index contributed by atoms with van der Waals surface area (Å²) in [5, 5.41) is 3.13. The normalized spacial score (nSPS) is 11.6. The van der Waals surface area contributed by atoms with E-state index in [1.165, 1.54) is 0 Å². The Morgan fingerprint density at radius 3 is 2.38 bits per heavy atom. The standard InChI is InChI=1S/C9H19NO2.ClH/c1-4-7-10-8(5-2)9(11)12-6-3;/h8,10H,4-7H2,1-3H3;1H. The van der Waals surface area contributed by atoms with Gasteiger partial charge in [-0.25, -0.2) is 0 Å². The predicted octanol–water partition coefficient (Wildman–Crippen LogP) is 1.75. The lowest BCUT2D eigenvalue weighted by molar-refractivity contribution is -0.145. The summed E-state index contributed by atoms with van der Waals surface area (Å²) < 4.78 is 4.89. The van der Waals surface area contributed by atoms with Gasteiger partial charge in [-0.05, 0) is 26.3 Å². The van der Waals surface area contributed by atoms with E-state index in [0.29, 0.717) is 6.61 Å². The molecule has 0 amide bonds. The predicted molar refractivity (Wildman–Crippen MR) is 56.3 cm³/mol. The molecule has 0 radical (unpaired) electrons. The molecule has 80 valence electrons. The summed E-state index contributed by atoms with van der Waals surface area (Å²) in [5.74, 6) is -0.131. The van der Waals surface area contributed by atoms with E-state index in [1.807, 2.05) is 13.8 Å². The van der Waals surface area contributed by atoms with Crippen LogP contribution < -0.4 is 5.32 Å². The fraction of sp³-hybridized carbons (Fsp3) is 0.889. The zero-order valence-electron chi connectivity index (χ0n) is 8.63. The molecule has 0 saturated heterocycles. The van der Waals surface area contributed by atoms with Gasteiger partial charge >= 0.3 is 5.97 Å². The zero-order chi connectivity index (χ0) is 9.40. The van der Waals surface area contributed by atoms with E-state index in [0.717, 1.165) is 19.4 Å². The molecule has 0 rings (SSSR count). The first-order chi connectivity index (χ1) is 5.76. The molecule has 0 aliphatic heterocycles. The topological polar surface area (TPSA) is 38.3 Å². The van der Waals surface area contributed by atoms with Crippen LogP contribution in [0.25, 0.3) is 0 Å². The summed E-state index contributed by atoms with van der Waals surface area (Å²) in [5.41, 5.74) is 0. The lowest BCUT2D eigenvalue weighted by atomic mass is 10.2. The Labute approximate surface area is 86.6 Å². The third-order valence-corrected chi connectivity index (χ3v) is 1.62. The van der Waals surface area contributed by atoms with Crippen LogP contribution in [0.15, 0.2) is 0 Å². The van der Waals surface area contributed by atoms with Gasteiger partial charge in [0.2, 0.25) is 0 Å². The molecule has 0 aromatic heterocycles. The van der Waals surface area contributed by atoms with Crippen molar-refractivity contribution in [3.05, 3.63) is 0 Å². The smallest absolute Gasteiger partial charge is 0.323 e. The maximum absolute atomic E-state index is 11.2. The van der Waals surface area contributed by atoms with E-state index in [4.69, 9.17) is 4.74 Å². The van der Waals surface area contributed by atoms with Gasteiger partial charge in [0.05, 0.1) is 6.61 Å². The van der Waals surface area contributed by atoms with Crippen molar-refractivity contribution in [3.8, 4) is 0 Å². The average molecular weight is 210 g/mol. The maximum Gasteiger partial charge on any atom is 0.323 e. The molecule has 0 aromatic carbocycles. The molecule has 0 aliphatic carbocycles. The summed E-state index contributed by atoms with van der Waals surface area (Å²) in [4.78, 5) is 11.2. The number of esters is 1. The number of halogens is 1. The highest BCUT2D eigenvalue weighted by atomic mass is 35.5. The summed E-state index contributed by atoms with van der Waals surface area (Å²) in [6, 6.07) is -0.120. The minimum atomic E-state index is -0.131. The second-order valence-electron chi connectivity index (χ2n) is 2.67. The number of hydrogen-bond acceptors (Lipinski definition) is 3. The molecule has 1 atom stereocenters. The molecule has 4 heteroatoms. The van der Waals surface area contributed by atoms with Crippen molar-refractivity contribution in [3.63, 3.8) is 0 Å². The van der Waals surface area contributed by atoms with E-state index in [9.17, 15) is 4.79 Å². The van der Waals surface area contributed by atoms with E-state index >= 15 is 0 Å². The number of hydrogen-bond donors (Lipinski definition) is 1. The Balaban J connectivity index is 0. The molecule has 0 heterocycles. The van der Waals surface area contributed by atoms with Gasteiger partial charge in [-0.15, -0.1) is 12.4 Å². The minimum Gasteiger partial charge on any atom is -0.465 e. The van der Waals surface area contributed by atoms with E-state index in [1.54, 1.807) is 0 Å². The van der Waals surface area contributed by atoms with Crippen LogP contribution >= 0.6 is 12.4 Å². The van der Waals surface area contributed by atoms with Crippen LogP contribution in [-0.4, -0.2) is 25.2 Å². The second-order valence-corrected chi connectivity index (χ2v) is 2.67. The van der Waals surface area contributed by atoms with E-state index in [2.05, 4.69) is 12.2 Å². The highest BCUT2D eigenvalue weighted by Crippen LogP contribution is 1.94. The molecular formula is C9H20ClNO2. The molecule has 13 heavy (non-hydrogen) atoms. The lowest BCUT2D eigenvalue weighted by Gasteiger charge is -2.14. The van der Waals surface area contributed by atoms with Gasteiger partial charge < -0.3 is 10.1 Å². The Bertz CT molecular complexity index is 131. The van der Waals surface area contributed by atoms with Crippen molar-refractivity contribution in [2.75, 3.05) is 13.2 Å². The molecule has 0 aliphatic rings. The van der Waals surface area contributed by atoms with Crippen LogP contribution in [0.1, 0.15) is 33.6 Å². The zero-order valence-corrected chi connectivity index (χ0v) is 9.45. The Morgan fingerprint density at radius 2 is 2.00 bits per heavy atom. The number of ether oxygens (including phenoxy) is 1. The quantitative estimate of drug-likeness (QED) is 0.678. The van der Waals surface area contributed by atoms with Crippen molar-refractivity contribution in [2.24, 2.45) is 0 Å². The SMILES string of the molecule is CCCNC(CC)C(=O)OCC.Cl. The summed E-state index contributed by atoms with van der Waals surface area (Å²) in [6.45, 7) is 7.21. The minimum absolute atomic E-state index is 0. The molecule has 0 spiro atoms. The summed E-state index contributed by atoms with van der Waals surface area (Å²) in [7, 11) is 0. The Morgan fingerprint density at radius 1 is 1.38 bits per heavy atom. The molecule has 0 saturated carbocycles. The highest BCUT2D eigenvalue weighted by molar-refractivity contribution is 5.85. The fourth-order valence-electron chi connectivity index (χ4n) is 0.956. The van der Waals surface area contributed by atoms with Gasteiger partial charge in [0.1, 0.15) is 6.04 Å². The third-order valence-electron chi connectivity index (χ3n) is 1.62. The van der Waals surface area contributed by atoms with Crippen LogP contribution in [0.2, 0.25) is 0 Å². The molecule has 3 nitrogen and oxygen atoms in total. The van der Waals surface area contributed by atoms with Crippen LogP contribution in [-0.2, 0) is 9.53 Å². The summed E-state index contributed by atoms with van der Waals surface area (Å²) >= 11 is 0. The van der Waals surface area contributed by atoms with Crippen molar-refractivity contribution < 1.29 is 9.53 Å². The van der Waals surface area contributed by atoms with Gasteiger partial charge in [0, 0.05) is 0 Å². The Kier molecular flexibility index (Phi) is 11.5. The summed E-state index contributed by atoms with van der Waals surface area (Å²) in [6.07, 6.45) is 1.83. The number of rotatable bonds is 6. The van der Waals surface area contributed by atoms with Crippen molar-refractivity contribution in [1.82, 2.24) is 5.32 Å². The fourth-order valence-corrected chi connectivity index (χ4v) is 0.956. The van der Waals surface area contributed by atoms with Gasteiger partial charge in [-0.2, -0.15) is 0 Å². The highest BCUT2D eigenvalue weighted by Gasteiger charge is 2.15. The third kappa shape index (κ3) is 6.84. The molecule has 0 aromatic rings. The first-order valence-electron chi connectivity index (χ1n) is 4.66. The average Bonchev–Trinajstić information content (AvgIpc) is 2.06. The molecule has 0 fully saturated rings. The monoisotopic (exact) mass is 209 g/mol. The maximum atomic E-state index is 11.2. The van der Waals surface area contributed by atoms with E-state index < -0.39 is 0 Å². The largest absolute Gasteiger partial charge is 0.465 e. The molecule has 0 bridgehead atoms. The molecular weight excluding hydrogens is 190 g/mol. The lowest BCUT2D eigenvalue weighted by Crippen LogP contribution is -2.37. The van der Waals surface area contributed by atoms with Crippen molar-refractivity contribution in [1.29, 1.82) is 0 Å². The first-order valence-corrected chi connectivity index (χ1v) is 4.66. The molecule has 1 unspecified atom stereocenters. The molecule has 1 N–H and O–H groups in total. The number of carbonyl (C=O) groups is 1. The van der Waals surface area contributed by atoms with Crippen LogP contribution in [0.4, 0.5) is 0 Å². The van der Waals surface area contributed by atoms with Crippen LogP contribution in [0, 0.1) is 0 Å². The van der Waals surface area contributed by atoms with Gasteiger partial charge in [-0.3, -0.25) is 4.79 Å². The Hall–Kier alpha value is -0.280. The van der Waals surface area contributed by atoms with Crippen LogP contribution in [0.3, 0.4) is 0 Å². The van der Waals surface area contributed by atoms with Crippen molar-refractivity contribution in [2.45, 2.75) is 39.7 Å². The number of carbonyl (C=O) groups excluding carboxylic acids is 1. The van der Waals surface area contributed by atoms with Gasteiger partial charge in [-0.1, -0.05) is 13.8 Å². The van der Waals surface area contributed by atoms with Gasteiger partial charge in [0.25, 0.3) is 0 Å². The first kappa shape index (κ1) is 15.2. The van der Waals surface area contributed by atoms with Gasteiger partial charge in [0.15, 0.2) is 0 Å². The second kappa shape index (κ2) is 9.81.